The third-order valence-corrected chi connectivity index (χ3v) is 3.26. The molecule has 106 valence electrons. The maximum atomic E-state index is 12.3. The van der Waals surface area contributed by atoms with E-state index in [1.165, 1.54) is 0 Å². The van der Waals surface area contributed by atoms with Gasteiger partial charge < -0.3 is 10.4 Å². The van der Waals surface area contributed by atoms with Gasteiger partial charge in [0.05, 0.1) is 17.6 Å². The van der Waals surface area contributed by atoms with Crippen LogP contribution in [-0.2, 0) is 9.59 Å². The van der Waals surface area contributed by atoms with E-state index in [1.54, 1.807) is 36.5 Å². The number of rotatable bonds is 3. The van der Waals surface area contributed by atoms with Gasteiger partial charge in [-0.15, -0.1) is 0 Å². The molecule has 0 radical (unpaired) electrons. The summed E-state index contributed by atoms with van der Waals surface area (Å²) in [4.78, 5) is 40.1. The van der Waals surface area contributed by atoms with Gasteiger partial charge in [-0.1, -0.05) is 6.07 Å². The maximum Gasteiger partial charge on any atom is 0.329 e. The smallest absolute Gasteiger partial charge is 0.329 e. The van der Waals surface area contributed by atoms with Gasteiger partial charge in [0.1, 0.15) is 6.04 Å². The monoisotopic (exact) mass is 285 g/mol. The zero-order chi connectivity index (χ0) is 15.0. The quantitative estimate of drug-likeness (QED) is 0.824. The molecule has 1 saturated heterocycles. The van der Waals surface area contributed by atoms with E-state index in [-0.39, 0.29) is 0 Å². The number of aromatic nitrogens is 1. The van der Waals surface area contributed by atoms with Crippen LogP contribution in [0.5, 0.6) is 0 Å². The number of anilines is 1. The topological polar surface area (TPSA) is 99.6 Å². The summed E-state index contributed by atoms with van der Waals surface area (Å²) in [6.45, 7) is 0. The molecule has 21 heavy (non-hydrogen) atoms. The highest BCUT2D eigenvalue weighted by Crippen LogP contribution is 2.28. The lowest BCUT2D eigenvalue weighted by molar-refractivity contribution is -0.139. The average Bonchev–Trinajstić information content (AvgIpc) is 2.72. The molecule has 0 aliphatic carbocycles. The maximum absolute atomic E-state index is 12.3. The second-order valence-electron chi connectivity index (χ2n) is 4.62. The second kappa shape index (κ2) is 4.86. The summed E-state index contributed by atoms with van der Waals surface area (Å²) in [6.07, 6.45) is 1.18. The standard InChI is InChI=1S/C14H11N3O4/c18-12(19)7-10-13(20)17(14(21)16-10)11-5-1-4-9-8(11)3-2-6-15-9/h1-6,10H,7H2,(H,16,21)(H,18,19)/t10-/m0/s1. The first kappa shape index (κ1) is 13.0. The number of aliphatic carboxylic acids is 1. The van der Waals surface area contributed by atoms with E-state index in [0.717, 1.165) is 4.90 Å². The largest absolute Gasteiger partial charge is 0.481 e. The Hall–Kier alpha value is -2.96. The molecule has 1 atom stereocenters. The number of hydrogen-bond donors (Lipinski definition) is 2. The minimum absolute atomic E-state index is 0.399. The number of imide groups is 1. The molecule has 2 heterocycles. The van der Waals surface area contributed by atoms with Gasteiger partial charge in [0.2, 0.25) is 0 Å². The molecule has 0 saturated carbocycles. The Balaban J connectivity index is 2.04. The Morgan fingerprint density at radius 3 is 2.86 bits per heavy atom. The number of fused-ring (bicyclic) bond motifs is 1. The van der Waals surface area contributed by atoms with E-state index in [1.807, 2.05) is 0 Å². The summed E-state index contributed by atoms with van der Waals surface area (Å²) >= 11 is 0. The van der Waals surface area contributed by atoms with Crippen LogP contribution in [-0.4, -0.2) is 34.0 Å². The van der Waals surface area contributed by atoms with Crippen LogP contribution >= 0.6 is 0 Å². The number of urea groups is 1. The number of benzene rings is 1. The summed E-state index contributed by atoms with van der Waals surface area (Å²) in [7, 11) is 0. The number of carboxylic acids is 1. The van der Waals surface area contributed by atoms with Gasteiger partial charge in [-0.05, 0) is 24.3 Å². The van der Waals surface area contributed by atoms with Gasteiger partial charge in [-0.25, -0.2) is 9.69 Å². The number of hydrogen-bond acceptors (Lipinski definition) is 4. The first-order chi connectivity index (χ1) is 10.1. The van der Waals surface area contributed by atoms with Crippen LogP contribution < -0.4 is 10.2 Å². The van der Waals surface area contributed by atoms with Crippen LogP contribution in [0, 0.1) is 0 Å². The molecule has 1 aliphatic heterocycles. The molecule has 3 rings (SSSR count). The lowest BCUT2D eigenvalue weighted by Crippen LogP contribution is -2.32. The van der Waals surface area contributed by atoms with Gasteiger partial charge >= 0.3 is 12.0 Å². The molecule has 3 amide bonds. The van der Waals surface area contributed by atoms with Crippen LogP contribution in [0.25, 0.3) is 10.9 Å². The predicted molar refractivity (Wildman–Crippen MR) is 73.8 cm³/mol. The second-order valence-corrected chi connectivity index (χ2v) is 4.62. The fourth-order valence-electron chi connectivity index (χ4n) is 2.35. The minimum atomic E-state index is -1.14. The molecule has 1 aromatic carbocycles. The fraction of sp³-hybridized carbons (Fsp3) is 0.143. The van der Waals surface area contributed by atoms with Crippen molar-refractivity contribution in [3.63, 3.8) is 0 Å². The zero-order valence-corrected chi connectivity index (χ0v) is 10.8. The van der Waals surface area contributed by atoms with Crippen LogP contribution in [0.15, 0.2) is 36.5 Å². The van der Waals surface area contributed by atoms with Crippen molar-refractivity contribution < 1.29 is 19.5 Å². The first-order valence-corrected chi connectivity index (χ1v) is 6.28. The number of carboxylic acid groups (broad SMARTS) is 1. The van der Waals surface area contributed by atoms with Gasteiger partial charge in [-0.3, -0.25) is 14.6 Å². The van der Waals surface area contributed by atoms with E-state index in [4.69, 9.17) is 5.11 Å². The number of pyridine rings is 1. The molecular formula is C14H11N3O4. The molecular weight excluding hydrogens is 274 g/mol. The molecule has 0 spiro atoms. The molecule has 0 unspecified atom stereocenters. The molecule has 1 fully saturated rings. The van der Waals surface area contributed by atoms with Gasteiger partial charge in [0.15, 0.2) is 0 Å². The van der Waals surface area contributed by atoms with Crippen LogP contribution in [0.2, 0.25) is 0 Å². The van der Waals surface area contributed by atoms with Crippen molar-refractivity contribution >= 4 is 34.5 Å². The first-order valence-electron chi connectivity index (χ1n) is 6.28. The summed E-state index contributed by atoms with van der Waals surface area (Å²) in [6, 6.07) is 6.89. The van der Waals surface area contributed by atoms with Crippen molar-refractivity contribution in [2.75, 3.05) is 4.90 Å². The van der Waals surface area contributed by atoms with Crippen molar-refractivity contribution in [1.29, 1.82) is 0 Å². The highest BCUT2D eigenvalue weighted by atomic mass is 16.4. The number of nitrogens with zero attached hydrogens (tertiary/aromatic N) is 2. The number of nitrogens with one attached hydrogen (secondary N) is 1. The van der Waals surface area contributed by atoms with E-state index < -0.39 is 30.4 Å². The Labute approximate surface area is 119 Å². The molecule has 2 N–H and O–H groups in total. The third kappa shape index (κ3) is 2.18. The Morgan fingerprint density at radius 1 is 1.29 bits per heavy atom. The Morgan fingerprint density at radius 2 is 2.10 bits per heavy atom. The average molecular weight is 285 g/mol. The van der Waals surface area contributed by atoms with Crippen molar-refractivity contribution in [1.82, 2.24) is 10.3 Å². The summed E-state index contributed by atoms with van der Waals surface area (Å²) in [5, 5.41) is 11.8. The lowest BCUT2D eigenvalue weighted by Gasteiger charge is -2.15. The molecule has 1 aliphatic rings. The van der Waals surface area contributed by atoms with E-state index in [0.29, 0.717) is 16.6 Å². The zero-order valence-electron chi connectivity index (χ0n) is 10.8. The molecule has 1 aromatic heterocycles. The summed E-state index contributed by atoms with van der Waals surface area (Å²) in [5.74, 6) is -1.71. The molecule has 7 heteroatoms. The lowest BCUT2D eigenvalue weighted by atomic mass is 10.1. The van der Waals surface area contributed by atoms with Gasteiger partial charge in [0, 0.05) is 11.6 Å². The number of carbonyl (C=O) groups excluding carboxylic acids is 2. The van der Waals surface area contributed by atoms with Crippen molar-refractivity contribution in [2.45, 2.75) is 12.5 Å². The van der Waals surface area contributed by atoms with E-state index in [9.17, 15) is 14.4 Å². The SMILES string of the molecule is O=C(O)C[C@@H]1NC(=O)N(c2cccc3ncccc23)C1=O. The minimum Gasteiger partial charge on any atom is -0.481 e. The van der Waals surface area contributed by atoms with E-state index in [2.05, 4.69) is 10.3 Å². The Bertz CT molecular complexity index is 753. The van der Waals surface area contributed by atoms with Gasteiger partial charge in [-0.2, -0.15) is 0 Å². The van der Waals surface area contributed by atoms with Crippen molar-refractivity contribution in [3.8, 4) is 0 Å². The Kier molecular flexibility index (Phi) is 3.02. The number of carbonyl (C=O) groups is 3. The van der Waals surface area contributed by atoms with Gasteiger partial charge in [0.25, 0.3) is 5.91 Å². The summed E-state index contributed by atoms with van der Waals surface area (Å²) in [5.41, 5.74) is 1.05. The number of amides is 3. The predicted octanol–water partition coefficient (Wildman–Crippen LogP) is 1.13. The van der Waals surface area contributed by atoms with Crippen molar-refractivity contribution in [2.24, 2.45) is 0 Å². The molecule has 0 bridgehead atoms. The van der Waals surface area contributed by atoms with Crippen molar-refractivity contribution in [3.05, 3.63) is 36.5 Å². The highest BCUT2D eigenvalue weighted by Gasteiger charge is 2.40. The fourth-order valence-corrected chi connectivity index (χ4v) is 2.35. The molecule has 7 nitrogen and oxygen atoms in total. The normalized spacial score (nSPS) is 18.1. The van der Waals surface area contributed by atoms with E-state index >= 15 is 0 Å². The van der Waals surface area contributed by atoms with Crippen LogP contribution in [0.3, 0.4) is 0 Å². The van der Waals surface area contributed by atoms with Crippen LogP contribution in [0.4, 0.5) is 10.5 Å². The third-order valence-electron chi connectivity index (χ3n) is 3.26. The highest BCUT2D eigenvalue weighted by molar-refractivity contribution is 6.24. The van der Waals surface area contributed by atoms with Crippen LogP contribution in [0.1, 0.15) is 6.42 Å². The molecule has 2 aromatic rings. The summed E-state index contributed by atoms with van der Waals surface area (Å²) < 4.78 is 0.